The number of halogens is 1. The molecule has 0 aliphatic rings. The van der Waals surface area contributed by atoms with Crippen molar-refractivity contribution in [3.63, 3.8) is 0 Å². The third-order valence-electron chi connectivity index (χ3n) is 4.27. The Balaban J connectivity index is 1.71. The number of fused-ring (bicyclic) bond motifs is 1. The number of hydrogen-bond acceptors (Lipinski definition) is 7. The lowest BCUT2D eigenvalue weighted by molar-refractivity contribution is -0.116. The number of aromatic nitrogens is 3. The number of benzene rings is 1. The molecule has 3 aromatic rings. The maximum atomic E-state index is 11.9. The number of aliphatic hydroxyl groups is 1. The highest BCUT2D eigenvalue weighted by Gasteiger charge is 2.12. The predicted molar refractivity (Wildman–Crippen MR) is 122 cm³/mol. The van der Waals surface area contributed by atoms with Gasteiger partial charge >= 0.3 is 0 Å². The Hall–Kier alpha value is -2.69. The van der Waals surface area contributed by atoms with E-state index in [-0.39, 0.29) is 18.6 Å². The van der Waals surface area contributed by atoms with E-state index in [0.29, 0.717) is 24.6 Å². The van der Waals surface area contributed by atoms with Crippen LogP contribution in [0.4, 0.5) is 17.3 Å². The van der Waals surface area contributed by atoms with Gasteiger partial charge in [0.05, 0.1) is 23.8 Å². The monoisotopic (exact) mass is 475 g/mol. The molecule has 0 spiro atoms. The molecular formula is C20H26BrN7O2. The van der Waals surface area contributed by atoms with Crippen LogP contribution in [0.5, 0.6) is 0 Å². The van der Waals surface area contributed by atoms with E-state index >= 15 is 0 Å². The Bertz CT molecular complexity index is 1000. The van der Waals surface area contributed by atoms with Crippen LogP contribution >= 0.6 is 15.9 Å². The molecule has 3 rings (SSSR count). The van der Waals surface area contributed by atoms with Gasteiger partial charge in [0, 0.05) is 24.3 Å². The normalized spacial score (nSPS) is 12.2. The summed E-state index contributed by atoms with van der Waals surface area (Å²) in [5.41, 5.74) is 2.49. The van der Waals surface area contributed by atoms with E-state index in [1.807, 2.05) is 56.3 Å². The van der Waals surface area contributed by atoms with Crippen molar-refractivity contribution < 1.29 is 9.90 Å². The molecule has 1 atom stereocenters. The van der Waals surface area contributed by atoms with Crippen LogP contribution < -0.4 is 16.0 Å². The van der Waals surface area contributed by atoms with Crippen LogP contribution in [0.15, 0.2) is 41.0 Å². The van der Waals surface area contributed by atoms with Gasteiger partial charge in [-0.1, -0.05) is 12.1 Å². The molecule has 0 radical (unpaired) electrons. The summed E-state index contributed by atoms with van der Waals surface area (Å²) in [5, 5.41) is 23.1. The van der Waals surface area contributed by atoms with Crippen molar-refractivity contribution in [1.82, 2.24) is 19.5 Å². The van der Waals surface area contributed by atoms with Gasteiger partial charge in [0.2, 0.25) is 5.91 Å². The van der Waals surface area contributed by atoms with Crippen molar-refractivity contribution in [1.29, 1.82) is 0 Å². The van der Waals surface area contributed by atoms with E-state index < -0.39 is 0 Å². The zero-order chi connectivity index (χ0) is 21.7. The van der Waals surface area contributed by atoms with Crippen molar-refractivity contribution in [2.75, 3.05) is 43.2 Å². The first-order valence-corrected chi connectivity index (χ1v) is 10.3. The van der Waals surface area contributed by atoms with Gasteiger partial charge in [-0.3, -0.25) is 4.79 Å². The van der Waals surface area contributed by atoms with Crippen LogP contribution in [0.2, 0.25) is 0 Å². The zero-order valence-corrected chi connectivity index (χ0v) is 18.8. The number of carbonyl (C=O) groups is 1. The minimum atomic E-state index is -0.121. The number of likely N-dealkylation sites (N-methyl/N-ethyl adjacent to an activating group) is 1. The van der Waals surface area contributed by atoms with Crippen LogP contribution in [0, 0.1) is 0 Å². The highest BCUT2D eigenvalue weighted by molar-refractivity contribution is 9.10. The summed E-state index contributed by atoms with van der Waals surface area (Å²) in [6.45, 7) is 2.79. The minimum Gasteiger partial charge on any atom is -0.394 e. The average molecular weight is 476 g/mol. The molecule has 4 N–H and O–H groups in total. The fraction of sp³-hybridized carbons (Fsp3) is 0.350. The van der Waals surface area contributed by atoms with Gasteiger partial charge < -0.3 is 26.0 Å². The summed E-state index contributed by atoms with van der Waals surface area (Å²) >= 11 is 3.47. The van der Waals surface area contributed by atoms with Crippen molar-refractivity contribution in [3.05, 3.63) is 46.6 Å². The molecule has 9 nitrogen and oxygen atoms in total. The molecule has 0 saturated heterocycles. The smallest absolute Gasteiger partial charge is 0.238 e. The van der Waals surface area contributed by atoms with E-state index in [4.69, 9.17) is 0 Å². The van der Waals surface area contributed by atoms with Crippen LogP contribution in [0.1, 0.15) is 12.5 Å². The summed E-state index contributed by atoms with van der Waals surface area (Å²) in [6, 6.07) is 9.42. The van der Waals surface area contributed by atoms with Crippen LogP contribution in [-0.2, 0) is 11.3 Å². The van der Waals surface area contributed by atoms with E-state index in [2.05, 4.69) is 42.0 Å². The second-order valence-corrected chi connectivity index (χ2v) is 8.17. The van der Waals surface area contributed by atoms with Crippen LogP contribution in [0.3, 0.4) is 0 Å². The van der Waals surface area contributed by atoms with Gasteiger partial charge in [-0.15, -0.1) is 0 Å². The molecule has 160 valence electrons. The fourth-order valence-electron chi connectivity index (χ4n) is 2.82. The molecule has 0 fully saturated rings. The molecular weight excluding hydrogens is 450 g/mol. The lowest BCUT2D eigenvalue weighted by Crippen LogP contribution is -2.27. The number of aliphatic hydroxyl groups excluding tert-OH is 1. The van der Waals surface area contributed by atoms with Gasteiger partial charge in [-0.05, 0) is 54.6 Å². The molecule has 1 amide bonds. The number of nitrogens with zero attached hydrogens (tertiary/aromatic N) is 4. The standard InChI is InChI=1S/C20H26BrN7O2/c1-13(12-29)24-17-8-18(28-20(26-17)16(21)10-23-28)22-9-14-4-6-15(7-5-14)25-19(30)11-27(2)3/h4-8,10,13,22,29H,9,11-12H2,1-3H3,(H,24,26)(H,25,30)/t13-/m1/s1. The molecule has 2 aromatic heterocycles. The first-order valence-electron chi connectivity index (χ1n) is 9.54. The lowest BCUT2D eigenvalue weighted by atomic mass is 10.2. The third-order valence-corrected chi connectivity index (χ3v) is 4.83. The van der Waals surface area contributed by atoms with Crippen LogP contribution in [-0.4, -0.2) is 63.8 Å². The quantitative estimate of drug-likeness (QED) is 0.376. The van der Waals surface area contributed by atoms with Gasteiger partial charge in [0.15, 0.2) is 5.65 Å². The maximum Gasteiger partial charge on any atom is 0.238 e. The first-order chi connectivity index (χ1) is 14.4. The van der Waals surface area contributed by atoms with Crippen molar-refractivity contribution in [2.45, 2.75) is 19.5 Å². The van der Waals surface area contributed by atoms with E-state index in [0.717, 1.165) is 21.5 Å². The van der Waals surface area contributed by atoms with E-state index in [1.165, 1.54) is 0 Å². The first kappa shape index (κ1) is 22.0. The fourth-order valence-corrected chi connectivity index (χ4v) is 3.17. The number of carbonyl (C=O) groups excluding carboxylic acids is 1. The van der Waals surface area contributed by atoms with Gasteiger partial charge in [-0.25, -0.2) is 4.98 Å². The van der Waals surface area contributed by atoms with Crippen molar-refractivity contribution >= 4 is 44.8 Å². The second-order valence-electron chi connectivity index (χ2n) is 7.32. The number of hydrogen-bond donors (Lipinski definition) is 4. The van der Waals surface area contributed by atoms with Gasteiger partial charge in [-0.2, -0.15) is 9.61 Å². The van der Waals surface area contributed by atoms with Gasteiger partial charge in [0.25, 0.3) is 0 Å². The zero-order valence-electron chi connectivity index (χ0n) is 17.2. The van der Waals surface area contributed by atoms with Crippen LogP contribution in [0.25, 0.3) is 5.65 Å². The Morgan fingerprint density at radius 2 is 2.03 bits per heavy atom. The topological polar surface area (TPSA) is 107 Å². The summed E-state index contributed by atoms with van der Waals surface area (Å²) in [7, 11) is 3.71. The summed E-state index contributed by atoms with van der Waals surface area (Å²) in [5.74, 6) is 1.36. The lowest BCUT2D eigenvalue weighted by Gasteiger charge is -2.15. The predicted octanol–water partition coefficient (Wildman–Crippen LogP) is 2.40. The third kappa shape index (κ3) is 5.68. The maximum absolute atomic E-state index is 11.9. The SMILES string of the molecule is C[C@H](CO)Nc1cc(NCc2ccc(NC(=O)CN(C)C)cc2)n2ncc(Br)c2n1. The molecule has 0 aliphatic carbocycles. The molecule has 2 heterocycles. The summed E-state index contributed by atoms with van der Waals surface area (Å²) < 4.78 is 2.50. The van der Waals surface area contributed by atoms with E-state index in [1.54, 1.807) is 10.7 Å². The summed E-state index contributed by atoms with van der Waals surface area (Å²) in [6.07, 6.45) is 1.69. The number of rotatable bonds is 9. The second kappa shape index (κ2) is 9.88. The Morgan fingerprint density at radius 1 is 1.30 bits per heavy atom. The number of anilines is 3. The largest absolute Gasteiger partial charge is 0.394 e. The molecule has 30 heavy (non-hydrogen) atoms. The van der Waals surface area contributed by atoms with Crippen molar-refractivity contribution in [3.8, 4) is 0 Å². The molecule has 0 aliphatic heterocycles. The highest BCUT2D eigenvalue weighted by atomic mass is 79.9. The highest BCUT2D eigenvalue weighted by Crippen LogP contribution is 2.23. The average Bonchev–Trinajstić information content (AvgIpc) is 3.07. The Kier molecular flexibility index (Phi) is 7.24. The number of amides is 1. The Labute approximate surface area is 183 Å². The molecule has 1 aromatic carbocycles. The minimum absolute atomic E-state index is 0.00742. The molecule has 0 bridgehead atoms. The molecule has 10 heteroatoms. The molecule has 0 unspecified atom stereocenters. The Morgan fingerprint density at radius 3 is 2.70 bits per heavy atom. The number of nitrogens with one attached hydrogen (secondary N) is 3. The summed E-state index contributed by atoms with van der Waals surface area (Å²) in [4.78, 5) is 18.2. The molecule has 0 saturated carbocycles. The van der Waals surface area contributed by atoms with Gasteiger partial charge in [0.1, 0.15) is 11.6 Å². The van der Waals surface area contributed by atoms with E-state index in [9.17, 15) is 9.90 Å². The van der Waals surface area contributed by atoms with Crippen molar-refractivity contribution in [2.24, 2.45) is 0 Å².